The van der Waals surface area contributed by atoms with Crippen LogP contribution >= 0.6 is 15.9 Å². The number of halogens is 1. The SMILES string of the molecule is NC(=O)CC(N)C(=O)N1CCN(c2ccc(Br)cn2)CC1. The zero-order valence-electron chi connectivity index (χ0n) is 11.5. The number of rotatable bonds is 4. The molecule has 1 aromatic rings. The van der Waals surface area contributed by atoms with E-state index in [1.807, 2.05) is 12.1 Å². The van der Waals surface area contributed by atoms with Crippen molar-refractivity contribution in [1.82, 2.24) is 9.88 Å². The lowest BCUT2D eigenvalue weighted by atomic mass is 10.1. The number of carbonyl (C=O) groups excluding carboxylic acids is 2. The summed E-state index contributed by atoms with van der Waals surface area (Å²) in [7, 11) is 0. The number of hydrogen-bond donors (Lipinski definition) is 2. The minimum absolute atomic E-state index is 0.118. The quantitative estimate of drug-likeness (QED) is 0.770. The van der Waals surface area contributed by atoms with Crippen LogP contribution < -0.4 is 16.4 Å². The summed E-state index contributed by atoms with van der Waals surface area (Å²) >= 11 is 3.35. The monoisotopic (exact) mass is 355 g/mol. The average molecular weight is 356 g/mol. The Bertz CT molecular complexity index is 514. The van der Waals surface area contributed by atoms with Crippen LogP contribution in [-0.2, 0) is 9.59 Å². The van der Waals surface area contributed by atoms with Gasteiger partial charge in [-0.2, -0.15) is 0 Å². The van der Waals surface area contributed by atoms with Crippen LogP contribution in [0.5, 0.6) is 0 Å². The summed E-state index contributed by atoms with van der Waals surface area (Å²) in [6, 6.07) is 3.02. The lowest BCUT2D eigenvalue weighted by Crippen LogP contribution is -2.54. The molecular formula is C13H18BrN5O2. The first-order chi connectivity index (χ1) is 9.97. The molecule has 1 aromatic heterocycles. The van der Waals surface area contributed by atoms with Crippen LogP contribution in [0.1, 0.15) is 6.42 Å². The molecule has 0 bridgehead atoms. The van der Waals surface area contributed by atoms with Gasteiger partial charge in [0.15, 0.2) is 0 Å². The van der Waals surface area contributed by atoms with Crippen LogP contribution in [0.3, 0.4) is 0 Å². The van der Waals surface area contributed by atoms with Crippen molar-refractivity contribution < 1.29 is 9.59 Å². The van der Waals surface area contributed by atoms with Crippen LogP contribution in [0.4, 0.5) is 5.82 Å². The summed E-state index contributed by atoms with van der Waals surface area (Å²) in [5.74, 6) is 0.0949. The molecule has 0 aliphatic carbocycles. The van der Waals surface area contributed by atoms with Crippen molar-refractivity contribution in [2.45, 2.75) is 12.5 Å². The van der Waals surface area contributed by atoms with Gasteiger partial charge in [-0.25, -0.2) is 4.98 Å². The van der Waals surface area contributed by atoms with E-state index in [1.54, 1.807) is 11.1 Å². The molecule has 4 N–H and O–H groups in total. The van der Waals surface area contributed by atoms with Crippen LogP contribution in [0, 0.1) is 0 Å². The molecule has 1 saturated heterocycles. The number of nitrogens with zero attached hydrogens (tertiary/aromatic N) is 3. The van der Waals surface area contributed by atoms with Gasteiger partial charge in [-0.15, -0.1) is 0 Å². The molecule has 1 atom stereocenters. The highest BCUT2D eigenvalue weighted by atomic mass is 79.9. The maximum Gasteiger partial charge on any atom is 0.240 e. The second kappa shape index (κ2) is 6.86. The molecule has 0 aromatic carbocycles. The molecule has 1 fully saturated rings. The highest BCUT2D eigenvalue weighted by molar-refractivity contribution is 9.10. The van der Waals surface area contributed by atoms with Crippen molar-refractivity contribution in [3.63, 3.8) is 0 Å². The highest BCUT2D eigenvalue weighted by Crippen LogP contribution is 2.16. The van der Waals surface area contributed by atoms with Gasteiger partial charge in [-0.1, -0.05) is 0 Å². The van der Waals surface area contributed by atoms with Gasteiger partial charge in [0.2, 0.25) is 11.8 Å². The summed E-state index contributed by atoms with van der Waals surface area (Å²) in [5.41, 5.74) is 10.7. The third-order valence-electron chi connectivity index (χ3n) is 3.37. The number of piperazine rings is 1. The summed E-state index contributed by atoms with van der Waals surface area (Å²) in [6.45, 7) is 2.49. The second-order valence-corrected chi connectivity index (χ2v) is 5.84. The molecule has 8 heteroatoms. The fourth-order valence-corrected chi connectivity index (χ4v) is 2.48. The largest absolute Gasteiger partial charge is 0.370 e. The molecular weight excluding hydrogens is 338 g/mol. The topological polar surface area (TPSA) is 106 Å². The van der Waals surface area contributed by atoms with Gasteiger partial charge in [0.05, 0.1) is 12.5 Å². The molecule has 7 nitrogen and oxygen atoms in total. The third-order valence-corrected chi connectivity index (χ3v) is 3.83. The Kier molecular flexibility index (Phi) is 5.13. The van der Waals surface area contributed by atoms with Gasteiger partial charge in [0, 0.05) is 36.8 Å². The van der Waals surface area contributed by atoms with Gasteiger partial charge in [-0.05, 0) is 28.1 Å². The number of nitrogens with two attached hydrogens (primary N) is 2. The van der Waals surface area contributed by atoms with Gasteiger partial charge in [-0.3, -0.25) is 9.59 Å². The van der Waals surface area contributed by atoms with E-state index in [4.69, 9.17) is 11.5 Å². The van der Waals surface area contributed by atoms with Gasteiger partial charge >= 0.3 is 0 Å². The Hall–Kier alpha value is -1.67. The van der Waals surface area contributed by atoms with Crippen LogP contribution in [-0.4, -0.2) is 53.9 Å². The molecule has 1 aliphatic heterocycles. The number of aromatic nitrogens is 1. The molecule has 0 radical (unpaired) electrons. The predicted molar refractivity (Wildman–Crippen MR) is 82.5 cm³/mol. The average Bonchev–Trinajstić information content (AvgIpc) is 2.47. The maximum absolute atomic E-state index is 12.1. The zero-order chi connectivity index (χ0) is 15.4. The van der Waals surface area contributed by atoms with Crippen molar-refractivity contribution in [1.29, 1.82) is 0 Å². The van der Waals surface area contributed by atoms with Gasteiger partial charge in [0.25, 0.3) is 0 Å². The van der Waals surface area contributed by atoms with E-state index in [2.05, 4.69) is 25.8 Å². The molecule has 2 amide bonds. The standard InChI is InChI=1S/C13H18BrN5O2/c14-9-1-2-12(17-8-9)18-3-5-19(6-4-18)13(21)10(15)7-11(16)20/h1-2,8,10H,3-7,15H2,(H2,16,20). The molecule has 2 heterocycles. The van der Waals surface area contributed by atoms with Gasteiger partial charge < -0.3 is 21.3 Å². The Morgan fingerprint density at radius 1 is 1.29 bits per heavy atom. The Balaban J connectivity index is 1.89. The Labute approximate surface area is 131 Å². The summed E-state index contributed by atoms with van der Waals surface area (Å²) in [5, 5.41) is 0. The first-order valence-corrected chi connectivity index (χ1v) is 7.46. The molecule has 1 unspecified atom stereocenters. The number of amides is 2. The van der Waals surface area contributed by atoms with Crippen LogP contribution in [0.15, 0.2) is 22.8 Å². The van der Waals surface area contributed by atoms with Crippen molar-refractivity contribution >= 4 is 33.6 Å². The van der Waals surface area contributed by atoms with Crippen molar-refractivity contribution in [2.75, 3.05) is 31.1 Å². The van der Waals surface area contributed by atoms with Crippen molar-refractivity contribution in [3.8, 4) is 0 Å². The zero-order valence-corrected chi connectivity index (χ0v) is 13.1. The fourth-order valence-electron chi connectivity index (χ4n) is 2.25. The second-order valence-electron chi connectivity index (χ2n) is 4.92. The van der Waals surface area contributed by atoms with Crippen LogP contribution in [0.2, 0.25) is 0 Å². The van der Waals surface area contributed by atoms with E-state index >= 15 is 0 Å². The number of hydrogen-bond acceptors (Lipinski definition) is 5. The van der Waals surface area contributed by atoms with E-state index in [-0.39, 0.29) is 12.3 Å². The molecule has 0 spiro atoms. The van der Waals surface area contributed by atoms with Gasteiger partial charge in [0.1, 0.15) is 5.82 Å². The smallest absolute Gasteiger partial charge is 0.240 e. The third kappa shape index (κ3) is 4.15. The maximum atomic E-state index is 12.1. The summed E-state index contributed by atoms with van der Waals surface area (Å²) in [6.07, 6.45) is 1.63. The van der Waals surface area contributed by atoms with E-state index in [1.165, 1.54) is 0 Å². The first kappa shape index (κ1) is 15.7. The highest BCUT2D eigenvalue weighted by Gasteiger charge is 2.26. The van der Waals surface area contributed by atoms with Crippen molar-refractivity contribution in [3.05, 3.63) is 22.8 Å². The van der Waals surface area contributed by atoms with E-state index in [0.29, 0.717) is 26.2 Å². The molecule has 2 rings (SSSR count). The van der Waals surface area contributed by atoms with E-state index in [0.717, 1.165) is 10.3 Å². The summed E-state index contributed by atoms with van der Waals surface area (Å²) < 4.78 is 0.928. The normalized spacial score (nSPS) is 16.7. The van der Waals surface area contributed by atoms with E-state index < -0.39 is 11.9 Å². The fraction of sp³-hybridized carbons (Fsp3) is 0.462. The molecule has 21 heavy (non-hydrogen) atoms. The lowest BCUT2D eigenvalue weighted by Gasteiger charge is -2.36. The predicted octanol–water partition coefficient (Wildman–Crippen LogP) is -0.305. The Morgan fingerprint density at radius 2 is 1.95 bits per heavy atom. The summed E-state index contributed by atoms with van der Waals surface area (Å²) in [4.78, 5) is 31.0. The first-order valence-electron chi connectivity index (χ1n) is 6.66. The number of pyridine rings is 1. The molecule has 114 valence electrons. The molecule has 1 aliphatic rings. The minimum atomic E-state index is -0.847. The molecule has 0 saturated carbocycles. The van der Waals surface area contributed by atoms with Crippen LogP contribution in [0.25, 0.3) is 0 Å². The number of primary amides is 1. The number of carbonyl (C=O) groups is 2. The van der Waals surface area contributed by atoms with Crippen molar-refractivity contribution in [2.24, 2.45) is 11.5 Å². The minimum Gasteiger partial charge on any atom is -0.370 e. The number of anilines is 1. The van der Waals surface area contributed by atoms with E-state index in [9.17, 15) is 9.59 Å². The lowest BCUT2D eigenvalue weighted by molar-refractivity contribution is -0.134. The Morgan fingerprint density at radius 3 is 2.48 bits per heavy atom.